The van der Waals surface area contributed by atoms with Gasteiger partial charge in [0.15, 0.2) is 0 Å². The molecule has 1 aliphatic heterocycles. The van der Waals surface area contributed by atoms with Gasteiger partial charge in [-0.1, -0.05) is 67.8 Å². The van der Waals surface area contributed by atoms with Gasteiger partial charge in [0.25, 0.3) is 0 Å². The van der Waals surface area contributed by atoms with E-state index in [1.165, 1.54) is 0 Å². The number of hydrogen-bond acceptors (Lipinski definition) is 2. The maximum Gasteiger partial charge on any atom is 0.235 e. The molecule has 2 bridgehead atoms. The summed E-state index contributed by atoms with van der Waals surface area (Å²) in [7, 11) is 0. The Labute approximate surface area is 180 Å². The van der Waals surface area contributed by atoms with Gasteiger partial charge in [0, 0.05) is 6.04 Å². The molecule has 2 atom stereocenters. The molecule has 0 radical (unpaired) electrons. The Balaban J connectivity index is 1.62. The summed E-state index contributed by atoms with van der Waals surface area (Å²) in [6, 6.07) is 15.6. The molecule has 148 valence electrons. The lowest BCUT2D eigenvalue weighted by Gasteiger charge is -2.54. The molecule has 2 aromatic carbocycles. The Kier molecular flexibility index (Phi) is 3.63. The first kappa shape index (κ1) is 18.0. The molecule has 2 aromatic rings. The van der Waals surface area contributed by atoms with Gasteiger partial charge < -0.3 is 0 Å². The van der Waals surface area contributed by atoms with E-state index in [2.05, 4.69) is 0 Å². The Morgan fingerprint density at radius 3 is 1.45 bits per heavy atom. The number of amides is 2. The van der Waals surface area contributed by atoms with E-state index in [4.69, 9.17) is 23.2 Å². The smallest absolute Gasteiger partial charge is 0.235 e. The summed E-state index contributed by atoms with van der Waals surface area (Å²) in [5, 5.41) is 0. The zero-order valence-electron chi connectivity index (χ0n) is 15.9. The number of nitrogens with zero attached hydrogens (tertiary/aromatic N) is 1. The largest absolute Gasteiger partial charge is 0.279 e. The van der Waals surface area contributed by atoms with Crippen LogP contribution in [0.25, 0.3) is 0 Å². The van der Waals surface area contributed by atoms with E-state index >= 15 is 0 Å². The first-order valence-corrected chi connectivity index (χ1v) is 11.2. The first-order chi connectivity index (χ1) is 14.0. The summed E-state index contributed by atoms with van der Waals surface area (Å²) in [5.74, 6) is -1.62. The van der Waals surface area contributed by atoms with Crippen LogP contribution >= 0.6 is 23.2 Å². The zero-order valence-corrected chi connectivity index (χ0v) is 17.4. The topological polar surface area (TPSA) is 37.4 Å². The number of halogens is 2. The number of imide groups is 1. The molecule has 1 saturated heterocycles. The van der Waals surface area contributed by atoms with Crippen molar-refractivity contribution in [3.05, 3.63) is 70.8 Å². The monoisotopic (exact) mass is 425 g/mol. The van der Waals surface area contributed by atoms with Crippen molar-refractivity contribution in [3.8, 4) is 0 Å². The van der Waals surface area contributed by atoms with Crippen LogP contribution in [0.15, 0.2) is 48.5 Å². The minimum Gasteiger partial charge on any atom is -0.279 e. The molecule has 0 spiro atoms. The van der Waals surface area contributed by atoms with Crippen LogP contribution in [0.3, 0.4) is 0 Å². The second-order valence-electron chi connectivity index (χ2n) is 8.81. The number of likely N-dealkylation sites (tertiary alicyclic amines) is 1. The van der Waals surface area contributed by atoms with Crippen molar-refractivity contribution in [2.75, 3.05) is 0 Å². The molecule has 3 nitrogen and oxygen atoms in total. The predicted octanol–water partition coefficient (Wildman–Crippen LogP) is 4.91. The van der Waals surface area contributed by atoms with E-state index in [-0.39, 0.29) is 17.9 Å². The predicted molar refractivity (Wildman–Crippen MR) is 112 cm³/mol. The van der Waals surface area contributed by atoms with Gasteiger partial charge >= 0.3 is 0 Å². The number of carbonyl (C=O) groups is 2. The van der Waals surface area contributed by atoms with Crippen molar-refractivity contribution in [2.45, 2.75) is 47.9 Å². The van der Waals surface area contributed by atoms with Crippen molar-refractivity contribution in [1.29, 1.82) is 0 Å². The molecule has 29 heavy (non-hydrogen) atoms. The van der Waals surface area contributed by atoms with Gasteiger partial charge in [-0.3, -0.25) is 14.5 Å². The van der Waals surface area contributed by atoms with Crippen LogP contribution < -0.4 is 0 Å². The molecule has 0 aromatic heterocycles. The highest BCUT2D eigenvalue weighted by Gasteiger charge is 2.73. The fraction of sp³-hybridized carbons (Fsp3) is 0.417. The highest BCUT2D eigenvalue weighted by Crippen LogP contribution is 2.69. The van der Waals surface area contributed by atoms with Gasteiger partial charge in [-0.2, -0.15) is 0 Å². The fourth-order valence-electron chi connectivity index (χ4n) is 6.39. The number of carbonyl (C=O) groups excluding carboxylic acids is 2. The normalized spacial score (nSPS) is 35.4. The lowest BCUT2D eigenvalue weighted by atomic mass is 9.54. The van der Waals surface area contributed by atoms with Crippen LogP contribution in [0.2, 0.25) is 0 Å². The first-order valence-electron chi connectivity index (χ1n) is 10.5. The summed E-state index contributed by atoms with van der Waals surface area (Å²) in [5.41, 5.74) is 3.46. The fourth-order valence-corrected chi connectivity index (χ4v) is 7.49. The Morgan fingerprint density at radius 1 is 0.690 bits per heavy atom. The molecule has 5 aliphatic rings. The number of alkyl halides is 2. The molecule has 0 N–H and O–H groups in total. The molecular weight excluding hydrogens is 405 g/mol. The molecule has 4 aliphatic carbocycles. The molecule has 2 amide bonds. The second-order valence-corrected chi connectivity index (χ2v) is 10.0. The quantitative estimate of drug-likeness (QED) is 0.480. The van der Waals surface area contributed by atoms with Gasteiger partial charge in [0.05, 0.1) is 11.8 Å². The van der Waals surface area contributed by atoms with E-state index in [0.29, 0.717) is 0 Å². The van der Waals surface area contributed by atoms with Crippen LogP contribution in [0, 0.1) is 11.8 Å². The van der Waals surface area contributed by atoms with E-state index in [1.807, 2.05) is 48.5 Å². The Morgan fingerprint density at radius 2 is 1.07 bits per heavy atom. The highest BCUT2D eigenvalue weighted by atomic mass is 35.5. The lowest BCUT2D eigenvalue weighted by Crippen LogP contribution is -2.57. The number of rotatable bonds is 1. The van der Waals surface area contributed by atoms with Crippen LogP contribution in [0.4, 0.5) is 0 Å². The zero-order chi connectivity index (χ0) is 20.0. The molecule has 2 fully saturated rings. The van der Waals surface area contributed by atoms with E-state index in [9.17, 15) is 9.59 Å². The summed E-state index contributed by atoms with van der Waals surface area (Å²) in [6.07, 6.45) is 5.02. The summed E-state index contributed by atoms with van der Waals surface area (Å²) >= 11 is 14.9. The van der Waals surface area contributed by atoms with Gasteiger partial charge in [-0.25, -0.2) is 0 Å². The number of hydrogen-bond donors (Lipinski definition) is 0. The highest BCUT2D eigenvalue weighted by molar-refractivity contribution is 6.36. The Bertz CT molecular complexity index is 937. The van der Waals surface area contributed by atoms with Crippen LogP contribution in [0.5, 0.6) is 0 Å². The average molecular weight is 426 g/mol. The molecule has 7 rings (SSSR count). The minimum absolute atomic E-state index is 0.0273. The summed E-state index contributed by atoms with van der Waals surface area (Å²) in [6.45, 7) is 0. The van der Waals surface area contributed by atoms with Gasteiger partial charge in [0.1, 0.15) is 9.75 Å². The lowest BCUT2D eigenvalue weighted by molar-refractivity contribution is -0.143. The van der Waals surface area contributed by atoms with Crippen LogP contribution in [0.1, 0.15) is 54.4 Å². The molecule has 1 saturated carbocycles. The van der Waals surface area contributed by atoms with E-state index < -0.39 is 21.6 Å². The maximum absolute atomic E-state index is 13.8. The van der Waals surface area contributed by atoms with Crippen molar-refractivity contribution < 1.29 is 9.59 Å². The van der Waals surface area contributed by atoms with Crippen LogP contribution in [-0.2, 0) is 19.3 Å². The van der Waals surface area contributed by atoms with E-state index in [1.54, 1.807) is 4.90 Å². The minimum atomic E-state index is -1.06. The third-order valence-corrected chi connectivity index (χ3v) is 8.84. The molecule has 0 unspecified atom stereocenters. The van der Waals surface area contributed by atoms with Crippen molar-refractivity contribution in [2.24, 2.45) is 11.8 Å². The van der Waals surface area contributed by atoms with Crippen molar-refractivity contribution in [1.82, 2.24) is 4.90 Å². The molecule has 1 heterocycles. The van der Waals surface area contributed by atoms with Gasteiger partial charge in [0.2, 0.25) is 11.8 Å². The maximum atomic E-state index is 13.8. The second kappa shape index (κ2) is 5.86. The Hall–Kier alpha value is -1.84. The molecule has 5 heteroatoms. The van der Waals surface area contributed by atoms with Gasteiger partial charge in [-0.15, -0.1) is 23.2 Å². The standard InChI is InChI=1S/C24H21Cl2NO2/c25-23-15-10-4-5-11-16(15)24(26,18-13-7-6-12-17(18)23)20-19(23)21(28)27(22(20)29)14-8-2-1-3-9-14/h4-7,10-14,19-20H,1-3,8-9H2/t19-,20-,23?,24?/m1/s1. The van der Waals surface area contributed by atoms with Crippen molar-refractivity contribution >= 4 is 35.0 Å². The van der Waals surface area contributed by atoms with Gasteiger partial charge in [-0.05, 0) is 35.1 Å². The SMILES string of the molecule is O=C1[C@H]2[C@H](C(=O)N1C1CCCCC1)C1(Cl)c3ccccc3C2(Cl)c2ccccc21. The average Bonchev–Trinajstić information content (AvgIpc) is 3.04. The van der Waals surface area contributed by atoms with Crippen LogP contribution in [-0.4, -0.2) is 22.8 Å². The molecular formula is C24H21Cl2NO2. The van der Waals surface area contributed by atoms with E-state index in [0.717, 1.165) is 54.4 Å². The third kappa shape index (κ3) is 1.96. The number of benzene rings is 2. The summed E-state index contributed by atoms with van der Waals surface area (Å²) in [4.78, 5) is 26.9. The summed E-state index contributed by atoms with van der Waals surface area (Å²) < 4.78 is 0. The third-order valence-electron chi connectivity index (χ3n) is 7.56. The van der Waals surface area contributed by atoms with Crippen molar-refractivity contribution in [3.63, 3.8) is 0 Å².